The number of hydrogen-bond acceptors (Lipinski definition) is 9. The molecule has 4 unspecified atom stereocenters. The van der Waals surface area contributed by atoms with E-state index in [-0.39, 0.29) is 13.0 Å². The van der Waals surface area contributed by atoms with E-state index < -0.39 is 66.3 Å². The lowest BCUT2D eigenvalue weighted by atomic mass is 9.95. The lowest BCUT2D eigenvalue weighted by Gasteiger charge is -2.29. The number of cyclic esters (lactones) is 2. The van der Waals surface area contributed by atoms with E-state index in [4.69, 9.17) is 23.7 Å². The molecule has 0 aliphatic carbocycles. The highest BCUT2D eigenvalue weighted by Crippen LogP contribution is 2.24. The first-order valence-corrected chi connectivity index (χ1v) is 9.91. The zero-order valence-corrected chi connectivity index (χ0v) is 18.7. The van der Waals surface area contributed by atoms with Gasteiger partial charge in [0.15, 0.2) is 12.1 Å². The van der Waals surface area contributed by atoms with Crippen LogP contribution < -0.4 is 5.32 Å². The van der Waals surface area contributed by atoms with Crippen LogP contribution in [0.3, 0.4) is 0 Å². The maximum Gasteiger partial charge on any atom is 0.408 e. The highest BCUT2D eigenvalue weighted by atomic mass is 16.6. The number of alkyl carbamates (subject to hydrolysis) is 1. The van der Waals surface area contributed by atoms with Gasteiger partial charge in [0.2, 0.25) is 0 Å². The van der Waals surface area contributed by atoms with Crippen molar-refractivity contribution in [2.45, 2.75) is 71.8 Å². The summed E-state index contributed by atoms with van der Waals surface area (Å²) in [5, 5.41) is 2.35. The summed E-state index contributed by atoms with van der Waals surface area (Å²) in [6, 6.07) is -1.27. The Kier molecular flexibility index (Phi) is 9.54. The van der Waals surface area contributed by atoms with Crippen molar-refractivity contribution in [2.75, 3.05) is 20.3 Å². The van der Waals surface area contributed by atoms with Gasteiger partial charge in [-0.15, -0.1) is 0 Å². The molecule has 4 atom stereocenters. The van der Waals surface area contributed by atoms with Crippen molar-refractivity contribution in [2.24, 2.45) is 11.8 Å². The van der Waals surface area contributed by atoms with Gasteiger partial charge in [0, 0.05) is 13.7 Å². The van der Waals surface area contributed by atoms with E-state index in [1.54, 1.807) is 34.6 Å². The van der Waals surface area contributed by atoms with Crippen molar-refractivity contribution in [3.05, 3.63) is 0 Å². The Hall–Kier alpha value is -2.36. The monoisotopic (exact) mass is 431 g/mol. The Balaban J connectivity index is 3.07. The molecule has 30 heavy (non-hydrogen) atoms. The average Bonchev–Trinajstić information content (AvgIpc) is 2.64. The number of carbonyl (C=O) groups is 4. The van der Waals surface area contributed by atoms with Gasteiger partial charge in [-0.2, -0.15) is 0 Å². The normalized spacial score (nSPS) is 25.3. The molecule has 1 rings (SSSR count). The van der Waals surface area contributed by atoms with Crippen LogP contribution >= 0.6 is 0 Å². The number of esters is 3. The standard InChI is InChI=1S/C20H33NO9/c1-11(2)16(22)29-15-12(3)28-18(24)14(21-19(25)30-20(4,5)6)10-27-17(23)13(15)8-9-26-7/h11-15H,8-10H2,1-7H3,(H,21,25). The summed E-state index contributed by atoms with van der Waals surface area (Å²) in [5.74, 6) is -3.41. The zero-order valence-electron chi connectivity index (χ0n) is 18.7. The molecule has 10 heteroatoms. The van der Waals surface area contributed by atoms with Gasteiger partial charge in [-0.1, -0.05) is 13.8 Å². The van der Waals surface area contributed by atoms with Crippen molar-refractivity contribution >= 4 is 24.0 Å². The summed E-state index contributed by atoms with van der Waals surface area (Å²) in [4.78, 5) is 49.5. The van der Waals surface area contributed by atoms with Crippen molar-refractivity contribution in [3.8, 4) is 0 Å². The Morgan fingerprint density at radius 1 is 1.20 bits per heavy atom. The number of rotatable bonds is 6. The number of carbonyl (C=O) groups excluding carboxylic acids is 4. The molecular weight excluding hydrogens is 398 g/mol. The Morgan fingerprint density at radius 2 is 1.83 bits per heavy atom. The van der Waals surface area contributed by atoms with Crippen LogP contribution in [-0.4, -0.2) is 68.2 Å². The number of nitrogens with one attached hydrogen (secondary N) is 1. The molecule has 1 aliphatic heterocycles. The molecule has 0 radical (unpaired) electrons. The largest absolute Gasteiger partial charge is 0.463 e. The molecule has 1 saturated heterocycles. The maximum absolute atomic E-state index is 12.7. The van der Waals surface area contributed by atoms with Gasteiger partial charge in [0.25, 0.3) is 0 Å². The molecule has 0 saturated carbocycles. The number of methoxy groups -OCH3 is 1. The van der Waals surface area contributed by atoms with Crippen LogP contribution in [0.25, 0.3) is 0 Å². The van der Waals surface area contributed by atoms with E-state index >= 15 is 0 Å². The van der Waals surface area contributed by atoms with Crippen LogP contribution in [0.2, 0.25) is 0 Å². The number of ether oxygens (including phenoxy) is 5. The molecule has 1 N–H and O–H groups in total. The minimum Gasteiger partial charge on any atom is -0.463 e. The van der Waals surface area contributed by atoms with Gasteiger partial charge < -0.3 is 29.0 Å². The van der Waals surface area contributed by atoms with E-state index in [1.165, 1.54) is 14.0 Å². The third kappa shape index (κ3) is 8.17. The fraction of sp³-hybridized carbons (Fsp3) is 0.800. The smallest absolute Gasteiger partial charge is 0.408 e. The predicted octanol–water partition coefficient (Wildman–Crippen LogP) is 1.59. The van der Waals surface area contributed by atoms with E-state index in [1.807, 2.05) is 0 Å². The quantitative estimate of drug-likeness (QED) is 0.493. The molecule has 172 valence electrons. The predicted molar refractivity (Wildman–Crippen MR) is 104 cm³/mol. The van der Waals surface area contributed by atoms with E-state index in [0.717, 1.165) is 0 Å². The first kappa shape index (κ1) is 25.7. The van der Waals surface area contributed by atoms with E-state index in [9.17, 15) is 19.2 Å². The summed E-state index contributed by atoms with van der Waals surface area (Å²) in [7, 11) is 1.47. The lowest BCUT2D eigenvalue weighted by molar-refractivity contribution is -0.177. The zero-order chi connectivity index (χ0) is 23.1. The molecule has 0 aromatic carbocycles. The van der Waals surface area contributed by atoms with Crippen LogP contribution in [0.1, 0.15) is 48.0 Å². The molecule has 0 aromatic rings. The topological polar surface area (TPSA) is 126 Å². The molecular formula is C20H33NO9. The second-order valence-electron chi connectivity index (χ2n) is 8.42. The van der Waals surface area contributed by atoms with Gasteiger partial charge >= 0.3 is 24.0 Å². The summed E-state index contributed by atoms with van der Waals surface area (Å²) in [6.45, 7) is 9.58. The summed E-state index contributed by atoms with van der Waals surface area (Å²) >= 11 is 0. The van der Waals surface area contributed by atoms with Gasteiger partial charge in [-0.3, -0.25) is 9.59 Å². The van der Waals surface area contributed by atoms with Gasteiger partial charge in [0.1, 0.15) is 18.3 Å². The molecule has 1 heterocycles. The van der Waals surface area contributed by atoms with Crippen molar-refractivity contribution in [1.82, 2.24) is 5.32 Å². The first-order chi connectivity index (χ1) is 13.9. The van der Waals surface area contributed by atoms with Crippen LogP contribution in [0, 0.1) is 11.8 Å². The van der Waals surface area contributed by atoms with E-state index in [2.05, 4.69) is 5.32 Å². The highest BCUT2D eigenvalue weighted by Gasteiger charge is 2.42. The van der Waals surface area contributed by atoms with Crippen LogP contribution in [0.15, 0.2) is 0 Å². The first-order valence-electron chi connectivity index (χ1n) is 9.91. The molecule has 1 fully saturated rings. The summed E-state index contributed by atoms with van der Waals surface area (Å²) < 4.78 is 26.3. The Bertz CT molecular complexity index is 626. The minimum absolute atomic E-state index is 0.192. The maximum atomic E-state index is 12.7. The third-order valence-electron chi connectivity index (χ3n) is 4.19. The molecule has 0 bridgehead atoms. The third-order valence-corrected chi connectivity index (χ3v) is 4.19. The Labute approximate surface area is 176 Å². The molecule has 0 aromatic heterocycles. The lowest BCUT2D eigenvalue weighted by Crippen LogP contribution is -2.48. The molecule has 10 nitrogen and oxygen atoms in total. The van der Waals surface area contributed by atoms with Crippen LogP contribution in [0.5, 0.6) is 0 Å². The second kappa shape index (κ2) is 11.1. The molecule has 0 spiro atoms. The van der Waals surface area contributed by atoms with Crippen LogP contribution in [0.4, 0.5) is 4.79 Å². The van der Waals surface area contributed by atoms with Gasteiger partial charge in [-0.25, -0.2) is 9.59 Å². The van der Waals surface area contributed by atoms with Crippen molar-refractivity contribution in [1.29, 1.82) is 0 Å². The highest BCUT2D eigenvalue weighted by molar-refractivity contribution is 5.83. The number of amides is 1. The fourth-order valence-corrected chi connectivity index (χ4v) is 2.66. The summed E-state index contributed by atoms with van der Waals surface area (Å²) in [6.07, 6.45) is -2.69. The Morgan fingerprint density at radius 3 is 2.37 bits per heavy atom. The van der Waals surface area contributed by atoms with E-state index in [0.29, 0.717) is 0 Å². The van der Waals surface area contributed by atoms with Gasteiger partial charge in [0.05, 0.1) is 11.8 Å². The minimum atomic E-state index is -1.27. The van der Waals surface area contributed by atoms with Gasteiger partial charge in [-0.05, 0) is 34.1 Å². The number of hydrogen-bond donors (Lipinski definition) is 1. The van der Waals surface area contributed by atoms with Crippen molar-refractivity contribution in [3.63, 3.8) is 0 Å². The SMILES string of the molecule is COCCC1C(=O)OCC(NC(=O)OC(C)(C)C)C(=O)OC(C)C1OC(=O)C(C)C. The fourth-order valence-electron chi connectivity index (χ4n) is 2.66. The average molecular weight is 431 g/mol. The molecule has 1 amide bonds. The van der Waals surface area contributed by atoms with Crippen molar-refractivity contribution < 1.29 is 42.9 Å². The van der Waals surface area contributed by atoms with Crippen LogP contribution in [-0.2, 0) is 38.1 Å². The second-order valence-corrected chi connectivity index (χ2v) is 8.42. The summed E-state index contributed by atoms with van der Waals surface area (Å²) in [5.41, 5.74) is -0.780. The molecule has 1 aliphatic rings.